The van der Waals surface area contributed by atoms with Crippen LogP contribution in [0.3, 0.4) is 0 Å². The van der Waals surface area contributed by atoms with Gasteiger partial charge in [0.15, 0.2) is 0 Å². The SMILES string of the molecule is O=C1CCN2C[C@@H](c3c(Cl)cccc3Cl)CC[C@@H]2C1. The molecule has 2 aliphatic rings. The average Bonchev–Trinajstić information content (AvgIpc) is 2.38. The van der Waals surface area contributed by atoms with Crippen molar-refractivity contribution in [2.75, 3.05) is 13.1 Å². The molecule has 2 aliphatic heterocycles. The lowest BCUT2D eigenvalue weighted by molar-refractivity contribution is -0.124. The molecule has 0 radical (unpaired) electrons. The Morgan fingerprint density at radius 2 is 1.89 bits per heavy atom. The molecule has 2 heterocycles. The highest BCUT2D eigenvalue weighted by atomic mass is 35.5. The molecule has 0 aliphatic carbocycles. The Morgan fingerprint density at radius 3 is 2.63 bits per heavy atom. The zero-order chi connectivity index (χ0) is 13.4. The van der Waals surface area contributed by atoms with Gasteiger partial charge in [0.1, 0.15) is 5.78 Å². The van der Waals surface area contributed by atoms with Crippen LogP contribution >= 0.6 is 23.2 Å². The minimum absolute atomic E-state index is 0.394. The van der Waals surface area contributed by atoms with Gasteiger partial charge in [-0.25, -0.2) is 0 Å². The topological polar surface area (TPSA) is 20.3 Å². The Balaban J connectivity index is 1.80. The standard InChI is InChI=1S/C15H17Cl2NO/c16-13-2-1-3-14(17)15(13)10-4-5-11-8-12(19)6-7-18(11)9-10/h1-3,10-11H,4-9H2/t10-,11+/m0/s1. The largest absolute Gasteiger partial charge is 0.300 e. The lowest BCUT2D eigenvalue weighted by Gasteiger charge is -2.42. The van der Waals surface area contributed by atoms with Crippen molar-refractivity contribution in [3.63, 3.8) is 0 Å². The van der Waals surface area contributed by atoms with Crippen molar-refractivity contribution < 1.29 is 4.79 Å². The lowest BCUT2D eigenvalue weighted by atomic mass is 9.83. The summed E-state index contributed by atoms with van der Waals surface area (Å²) in [6.07, 6.45) is 3.55. The molecule has 1 aromatic carbocycles. The summed E-state index contributed by atoms with van der Waals surface area (Å²) in [4.78, 5) is 13.9. The van der Waals surface area contributed by atoms with Gasteiger partial charge >= 0.3 is 0 Å². The van der Waals surface area contributed by atoms with Gasteiger partial charge in [-0.05, 0) is 36.5 Å². The fourth-order valence-corrected chi connectivity index (χ4v) is 4.08. The number of hydrogen-bond acceptors (Lipinski definition) is 2. The van der Waals surface area contributed by atoms with E-state index in [1.54, 1.807) is 0 Å². The third kappa shape index (κ3) is 2.67. The van der Waals surface area contributed by atoms with Crippen molar-refractivity contribution >= 4 is 29.0 Å². The average molecular weight is 298 g/mol. The second kappa shape index (κ2) is 5.43. The van der Waals surface area contributed by atoms with E-state index in [9.17, 15) is 4.79 Å². The molecule has 2 saturated heterocycles. The molecule has 0 amide bonds. The summed E-state index contributed by atoms with van der Waals surface area (Å²) >= 11 is 12.6. The molecule has 0 N–H and O–H groups in total. The van der Waals surface area contributed by atoms with Gasteiger partial charge in [-0.15, -0.1) is 0 Å². The van der Waals surface area contributed by atoms with Crippen LogP contribution in [0, 0.1) is 0 Å². The molecule has 2 nitrogen and oxygen atoms in total. The predicted molar refractivity (Wildman–Crippen MR) is 78.0 cm³/mol. The Kier molecular flexibility index (Phi) is 3.84. The molecule has 4 heteroatoms. The molecule has 19 heavy (non-hydrogen) atoms. The minimum atomic E-state index is 0.394. The quantitative estimate of drug-likeness (QED) is 0.783. The van der Waals surface area contributed by atoms with Gasteiger partial charge in [-0.3, -0.25) is 9.69 Å². The number of carbonyl (C=O) groups excluding carboxylic acids is 1. The van der Waals surface area contributed by atoms with Gasteiger partial charge < -0.3 is 0 Å². The van der Waals surface area contributed by atoms with Crippen LogP contribution in [-0.2, 0) is 4.79 Å². The van der Waals surface area contributed by atoms with E-state index in [4.69, 9.17) is 23.2 Å². The molecule has 0 unspecified atom stereocenters. The minimum Gasteiger partial charge on any atom is -0.300 e. The monoisotopic (exact) mass is 297 g/mol. The summed E-state index contributed by atoms with van der Waals surface area (Å²) in [5, 5.41) is 1.54. The van der Waals surface area contributed by atoms with Gasteiger partial charge in [0.25, 0.3) is 0 Å². The van der Waals surface area contributed by atoms with Crippen LogP contribution in [0.2, 0.25) is 10.0 Å². The number of halogens is 2. The highest BCUT2D eigenvalue weighted by Crippen LogP contribution is 2.39. The second-order valence-electron chi connectivity index (χ2n) is 5.55. The van der Waals surface area contributed by atoms with Crippen LogP contribution in [0.15, 0.2) is 18.2 Å². The van der Waals surface area contributed by atoms with Crippen molar-refractivity contribution in [2.24, 2.45) is 0 Å². The molecule has 1 aromatic rings. The van der Waals surface area contributed by atoms with E-state index < -0.39 is 0 Å². The first kappa shape index (κ1) is 13.4. The summed E-state index contributed by atoms with van der Waals surface area (Å²) in [6, 6.07) is 6.15. The van der Waals surface area contributed by atoms with Gasteiger partial charge in [0, 0.05) is 42.0 Å². The first-order valence-corrected chi connectivity index (χ1v) is 7.60. The number of piperidine rings is 2. The first-order chi connectivity index (χ1) is 9.15. The van der Waals surface area contributed by atoms with E-state index in [1.807, 2.05) is 18.2 Å². The Labute approximate surface area is 123 Å². The molecule has 0 bridgehead atoms. The first-order valence-electron chi connectivity index (χ1n) is 6.85. The van der Waals surface area contributed by atoms with Gasteiger partial charge in [0.05, 0.1) is 0 Å². The van der Waals surface area contributed by atoms with E-state index in [2.05, 4.69) is 4.90 Å². The maximum absolute atomic E-state index is 11.5. The zero-order valence-electron chi connectivity index (χ0n) is 10.7. The van der Waals surface area contributed by atoms with Crippen LogP contribution < -0.4 is 0 Å². The zero-order valence-corrected chi connectivity index (χ0v) is 12.3. The van der Waals surface area contributed by atoms with Crippen molar-refractivity contribution in [1.29, 1.82) is 0 Å². The van der Waals surface area contributed by atoms with Crippen LogP contribution in [0.4, 0.5) is 0 Å². The number of rotatable bonds is 1. The molecular formula is C15H17Cl2NO. The molecular weight excluding hydrogens is 281 g/mol. The maximum Gasteiger partial charge on any atom is 0.135 e. The van der Waals surface area contributed by atoms with Crippen LogP contribution in [-0.4, -0.2) is 29.8 Å². The molecule has 0 saturated carbocycles. The lowest BCUT2D eigenvalue weighted by Crippen LogP contribution is -2.47. The highest BCUT2D eigenvalue weighted by molar-refractivity contribution is 6.36. The number of hydrogen-bond donors (Lipinski definition) is 0. The summed E-state index contributed by atoms with van der Waals surface area (Å²) < 4.78 is 0. The molecule has 2 atom stereocenters. The van der Waals surface area contributed by atoms with E-state index in [0.717, 1.165) is 48.0 Å². The Bertz CT molecular complexity index is 483. The van der Waals surface area contributed by atoms with Gasteiger partial charge in [-0.2, -0.15) is 0 Å². The third-order valence-electron chi connectivity index (χ3n) is 4.37. The number of Topliss-reactive ketones (excluding diaryl/α,β-unsaturated/α-hetero) is 1. The van der Waals surface area contributed by atoms with Gasteiger partial charge in [0.2, 0.25) is 0 Å². The summed E-state index contributed by atoms with van der Waals surface area (Å²) in [7, 11) is 0. The van der Waals surface area contributed by atoms with Crippen LogP contribution in [0.5, 0.6) is 0 Å². The van der Waals surface area contributed by atoms with Crippen LogP contribution in [0.25, 0.3) is 0 Å². The van der Waals surface area contributed by atoms with Crippen molar-refractivity contribution in [3.05, 3.63) is 33.8 Å². The number of fused-ring (bicyclic) bond motifs is 1. The van der Waals surface area contributed by atoms with E-state index >= 15 is 0 Å². The molecule has 102 valence electrons. The number of nitrogens with zero attached hydrogens (tertiary/aromatic N) is 1. The summed E-state index contributed by atoms with van der Waals surface area (Å²) in [5.74, 6) is 0.807. The fraction of sp³-hybridized carbons (Fsp3) is 0.533. The maximum atomic E-state index is 11.5. The van der Waals surface area contributed by atoms with Crippen molar-refractivity contribution in [1.82, 2.24) is 4.90 Å². The smallest absolute Gasteiger partial charge is 0.135 e. The number of carbonyl (C=O) groups is 1. The molecule has 3 rings (SSSR count). The normalized spacial score (nSPS) is 28.2. The third-order valence-corrected chi connectivity index (χ3v) is 5.03. The molecule has 2 fully saturated rings. The van der Waals surface area contributed by atoms with Crippen LogP contribution in [0.1, 0.15) is 37.2 Å². The molecule has 0 aromatic heterocycles. The van der Waals surface area contributed by atoms with E-state index in [-0.39, 0.29) is 0 Å². The second-order valence-corrected chi connectivity index (χ2v) is 6.37. The van der Waals surface area contributed by atoms with E-state index in [1.165, 1.54) is 0 Å². The predicted octanol–water partition coefficient (Wildman–Crippen LogP) is 3.90. The summed E-state index contributed by atoms with van der Waals surface area (Å²) in [6.45, 7) is 1.86. The van der Waals surface area contributed by atoms with Crippen molar-refractivity contribution in [2.45, 2.75) is 37.6 Å². The Morgan fingerprint density at radius 1 is 1.16 bits per heavy atom. The fourth-order valence-electron chi connectivity index (χ4n) is 3.37. The highest BCUT2D eigenvalue weighted by Gasteiger charge is 2.34. The van der Waals surface area contributed by atoms with E-state index in [0.29, 0.717) is 24.2 Å². The van der Waals surface area contributed by atoms with Gasteiger partial charge in [-0.1, -0.05) is 29.3 Å². The number of benzene rings is 1. The molecule has 0 spiro atoms. The van der Waals surface area contributed by atoms with Crippen molar-refractivity contribution in [3.8, 4) is 0 Å². The number of ketones is 1. The summed E-state index contributed by atoms with van der Waals surface area (Å²) in [5.41, 5.74) is 1.08. The Hall–Kier alpha value is -0.570.